The van der Waals surface area contributed by atoms with E-state index in [0.717, 1.165) is 0 Å². The van der Waals surface area contributed by atoms with Crippen molar-refractivity contribution in [3.05, 3.63) is 35.9 Å². The fraction of sp³-hybridized carbons (Fsp3) is 0.167. The average Bonchev–Trinajstić information content (AvgIpc) is 2.29. The maximum Gasteiger partial charge on any atom is 0.327 e. The van der Waals surface area contributed by atoms with Gasteiger partial charge in [-0.3, -0.25) is 4.79 Å². The smallest absolute Gasteiger partial charge is 0.327 e. The third-order valence-corrected chi connectivity index (χ3v) is 1.96. The highest BCUT2D eigenvalue weighted by atomic mass is 16.4. The topological polar surface area (TPSA) is 66.4 Å². The van der Waals surface area contributed by atoms with E-state index in [1.54, 1.807) is 30.3 Å². The van der Waals surface area contributed by atoms with Crippen LogP contribution in [0, 0.1) is 12.3 Å². The van der Waals surface area contributed by atoms with Gasteiger partial charge in [0, 0.05) is 12.0 Å². The molecular formula is C12H11NO3. The van der Waals surface area contributed by atoms with Gasteiger partial charge in [0.15, 0.2) is 0 Å². The first-order chi connectivity index (χ1) is 7.65. The first-order valence-electron chi connectivity index (χ1n) is 4.67. The second kappa shape index (κ2) is 5.56. The molecule has 0 radical (unpaired) electrons. The number of carbonyl (C=O) groups is 2. The molecule has 0 unspecified atom stereocenters. The Kier molecular flexibility index (Phi) is 4.10. The van der Waals surface area contributed by atoms with Crippen molar-refractivity contribution in [2.45, 2.75) is 12.5 Å². The van der Waals surface area contributed by atoms with Crippen LogP contribution < -0.4 is 5.32 Å². The summed E-state index contributed by atoms with van der Waals surface area (Å²) in [6, 6.07) is 7.33. The van der Waals surface area contributed by atoms with Crippen molar-refractivity contribution in [2.75, 3.05) is 0 Å². The van der Waals surface area contributed by atoms with Gasteiger partial charge in [-0.2, -0.15) is 0 Å². The van der Waals surface area contributed by atoms with Gasteiger partial charge in [0.2, 0.25) is 0 Å². The highest BCUT2D eigenvalue weighted by molar-refractivity contribution is 5.96. The zero-order valence-corrected chi connectivity index (χ0v) is 8.51. The lowest BCUT2D eigenvalue weighted by molar-refractivity contribution is -0.139. The number of aliphatic carboxylic acids is 1. The summed E-state index contributed by atoms with van der Waals surface area (Å²) in [6.45, 7) is 0. The van der Waals surface area contributed by atoms with E-state index in [1.807, 2.05) is 0 Å². The van der Waals surface area contributed by atoms with Gasteiger partial charge in [-0.05, 0) is 12.1 Å². The van der Waals surface area contributed by atoms with Gasteiger partial charge in [0.1, 0.15) is 6.04 Å². The molecule has 4 nitrogen and oxygen atoms in total. The van der Waals surface area contributed by atoms with Crippen LogP contribution >= 0.6 is 0 Å². The monoisotopic (exact) mass is 217 g/mol. The van der Waals surface area contributed by atoms with Gasteiger partial charge in [-0.1, -0.05) is 18.2 Å². The Morgan fingerprint density at radius 1 is 1.38 bits per heavy atom. The SMILES string of the molecule is C#CC[C@H](NC(=O)c1ccccc1)C(=O)O. The Balaban J connectivity index is 2.70. The fourth-order valence-corrected chi connectivity index (χ4v) is 1.15. The molecule has 1 amide bonds. The predicted octanol–water partition coefficient (Wildman–Crippen LogP) is 0.893. The van der Waals surface area contributed by atoms with Crippen molar-refractivity contribution < 1.29 is 14.7 Å². The molecule has 2 N–H and O–H groups in total. The van der Waals surface area contributed by atoms with Crippen LogP contribution in [0.1, 0.15) is 16.8 Å². The van der Waals surface area contributed by atoms with E-state index in [0.29, 0.717) is 5.56 Å². The van der Waals surface area contributed by atoms with Crippen LogP contribution in [0.15, 0.2) is 30.3 Å². The first-order valence-corrected chi connectivity index (χ1v) is 4.67. The number of amides is 1. The highest BCUT2D eigenvalue weighted by Gasteiger charge is 2.19. The summed E-state index contributed by atoms with van der Waals surface area (Å²) in [5.74, 6) is 0.632. The molecule has 4 heteroatoms. The molecule has 0 aliphatic carbocycles. The molecule has 82 valence electrons. The number of carbonyl (C=O) groups excluding carboxylic acids is 1. The third kappa shape index (κ3) is 3.14. The van der Waals surface area contributed by atoms with Crippen LogP contribution in [-0.2, 0) is 4.79 Å². The summed E-state index contributed by atoms with van der Waals surface area (Å²) < 4.78 is 0. The molecular weight excluding hydrogens is 206 g/mol. The standard InChI is InChI=1S/C12H11NO3/c1-2-6-10(12(15)16)13-11(14)9-7-4-3-5-8-9/h1,3-5,7-8,10H,6H2,(H,13,14)(H,15,16)/t10-/m0/s1. The van der Waals surface area contributed by atoms with Gasteiger partial charge in [-0.15, -0.1) is 12.3 Å². The lowest BCUT2D eigenvalue weighted by Gasteiger charge is -2.11. The van der Waals surface area contributed by atoms with Gasteiger partial charge in [0.25, 0.3) is 5.91 Å². The summed E-state index contributed by atoms with van der Waals surface area (Å²) >= 11 is 0. The first kappa shape index (κ1) is 11.8. The summed E-state index contributed by atoms with van der Waals surface area (Å²) in [5.41, 5.74) is 0.408. The molecule has 1 aromatic rings. The molecule has 0 bridgehead atoms. The maximum absolute atomic E-state index is 11.6. The molecule has 16 heavy (non-hydrogen) atoms. The van der Waals surface area contributed by atoms with E-state index in [2.05, 4.69) is 11.2 Å². The molecule has 0 aliphatic heterocycles. The van der Waals surface area contributed by atoms with Crippen LogP contribution in [-0.4, -0.2) is 23.0 Å². The van der Waals surface area contributed by atoms with E-state index in [9.17, 15) is 9.59 Å². The Morgan fingerprint density at radius 2 is 2.00 bits per heavy atom. The van der Waals surface area contributed by atoms with Crippen LogP contribution in [0.4, 0.5) is 0 Å². The normalized spacial score (nSPS) is 11.2. The fourth-order valence-electron chi connectivity index (χ4n) is 1.15. The Bertz CT molecular complexity index is 420. The Labute approximate surface area is 93.3 Å². The number of carboxylic acid groups (broad SMARTS) is 1. The maximum atomic E-state index is 11.6. The van der Waals surface area contributed by atoms with Crippen LogP contribution in [0.25, 0.3) is 0 Å². The van der Waals surface area contributed by atoms with Crippen LogP contribution in [0.5, 0.6) is 0 Å². The second-order valence-electron chi connectivity index (χ2n) is 3.14. The molecule has 0 saturated carbocycles. The number of carboxylic acids is 1. The Hall–Kier alpha value is -2.28. The van der Waals surface area contributed by atoms with Gasteiger partial charge < -0.3 is 10.4 Å². The highest BCUT2D eigenvalue weighted by Crippen LogP contribution is 2.00. The summed E-state index contributed by atoms with van der Waals surface area (Å²) in [4.78, 5) is 22.3. The van der Waals surface area contributed by atoms with Crippen molar-refractivity contribution >= 4 is 11.9 Å². The molecule has 0 fully saturated rings. The van der Waals surface area contributed by atoms with Crippen molar-refractivity contribution in [2.24, 2.45) is 0 Å². The van der Waals surface area contributed by atoms with E-state index in [1.165, 1.54) is 0 Å². The second-order valence-corrected chi connectivity index (χ2v) is 3.14. The summed E-state index contributed by atoms with van der Waals surface area (Å²) in [6.07, 6.45) is 4.98. The van der Waals surface area contributed by atoms with Crippen molar-refractivity contribution in [1.82, 2.24) is 5.32 Å². The number of benzene rings is 1. The largest absolute Gasteiger partial charge is 0.480 e. The number of rotatable bonds is 4. The number of hydrogen-bond acceptors (Lipinski definition) is 2. The van der Waals surface area contributed by atoms with E-state index < -0.39 is 17.9 Å². The van der Waals surface area contributed by atoms with Crippen LogP contribution in [0.3, 0.4) is 0 Å². The average molecular weight is 217 g/mol. The van der Waals surface area contributed by atoms with E-state index in [4.69, 9.17) is 11.5 Å². The quantitative estimate of drug-likeness (QED) is 0.736. The van der Waals surface area contributed by atoms with Crippen LogP contribution in [0.2, 0.25) is 0 Å². The van der Waals surface area contributed by atoms with Gasteiger partial charge in [-0.25, -0.2) is 4.79 Å². The van der Waals surface area contributed by atoms with Gasteiger partial charge in [0.05, 0.1) is 0 Å². The molecule has 0 heterocycles. The number of hydrogen-bond donors (Lipinski definition) is 2. The van der Waals surface area contributed by atoms with Gasteiger partial charge >= 0.3 is 5.97 Å². The Morgan fingerprint density at radius 3 is 2.50 bits per heavy atom. The molecule has 1 rings (SSSR count). The zero-order valence-electron chi connectivity index (χ0n) is 8.51. The van der Waals surface area contributed by atoms with Crippen molar-refractivity contribution in [3.8, 4) is 12.3 Å². The third-order valence-electron chi connectivity index (χ3n) is 1.96. The molecule has 0 aliphatic rings. The summed E-state index contributed by atoms with van der Waals surface area (Å²) in [7, 11) is 0. The lowest BCUT2D eigenvalue weighted by atomic mass is 10.1. The number of nitrogens with one attached hydrogen (secondary N) is 1. The minimum absolute atomic E-state index is 0.0338. The van der Waals surface area contributed by atoms with E-state index in [-0.39, 0.29) is 6.42 Å². The van der Waals surface area contributed by atoms with Crippen molar-refractivity contribution in [1.29, 1.82) is 0 Å². The lowest BCUT2D eigenvalue weighted by Crippen LogP contribution is -2.40. The molecule has 1 aromatic carbocycles. The predicted molar refractivity (Wildman–Crippen MR) is 58.8 cm³/mol. The molecule has 1 atom stereocenters. The van der Waals surface area contributed by atoms with Crippen molar-refractivity contribution in [3.63, 3.8) is 0 Å². The molecule has 0 saturated heterocycles. The minimum atomic E-state index is -1.14. The molecule has 0 aromatic heterocycles. The summed E-state index contributed by atoms with van der Waals surface area (Å²) in [5, 5.41) is 11.1. The number of terminal acetylenes is 1. The van der Waals surface area contributed by atoms with E-state index >= 15 is 0 Å². The minimum Gasteiger partial charge on any atom is -0.480 e. The molecule has 0 spiro atoms. The zero-order chi connectivity index (χ0) is 12.0.